The number of likely N-dealkylation sites (tertiary alicyclic amines) is 1. The van der Waals surface area contributed by atoms with Crippen LogP contribution in [-0.2, 0) is 20.9 Å². The van der Waals surface area contributed by atoms with Crippen molar-refractivity contribution in [3.8, 4) is 0 Å². The first-order chi connectivity index (χ1) is 18.1. The molecule has 6 nitrogen and oxygen atoms in total. The van der Waals surface area contributed by atoms with Gasteiger partial charge in [-0.3, -0.25) is 14.4 Å². The molecular formula is C32H31N3O3. The van der Waals surface area contributed by atoms with E-state index in [1.54, 1.807) is 4.90 Å². The summed E-state index contributed by atoms with van der Waals surface area (Å²) in [6, 6.07) is 27.2. The number of fused-ring (bicyclic) bond motifs is 1. The number of amides is 2. The fraction of sp³-hybridized carbons (Fsp3) is 0.312. The van der Waals surface area contributed by atoms with E-state index < -0.39 is 34.0 Å². The number of carbonyl (C=O) groups excluding carboxylic acids is 3. The first kappa shape index (κ1) is 24.3. The van der Waals surface area contributed by atoms with E-state index in [1.165, 1.54) is 5.01 Å². The highest BCUT2D eigenvalue weighted by molar-refractivity contribution is 6.45. The number of benzene rings is 3. The van der Waals surface area contributed by atoms with Gasteiger partial charge in [-0.05, 0) is 44.4 Å². The minimum atomic E-state index is -1.25. The van der Waals surface area contributed by atoms with Crippen LogP contribution < -0.4 is 0 Å². The van der Waals surface area contributed by atoms with Gasteiger partial charge in [0.25, 0.3) is 11.8 Å². The Morgan fingerprint density at radius 1 is 0.868 bits per heavy atom. The largest absolute Gasteiger partial charge is 0.331 e. The van der Waals surface area contributed by atoms with Crippen molar-refractivity contribution in [3.63, 3.8) is 0 Å². The number of carbonyl (C=O) groups is 3. The van der Waals surface area contributed by atoms with Gasteiger partial charge in [-0.1, -0.05) is 90.5 Å². The molecule has 1 saturated carbocycles. The van der Waals surface area contributed by atoms with Gasteiger partial charge in [0, 0.05) is 19.0 Å². The number of hydrogen-bond acceptors (Lipinski definition) is 4. The third kappa shape index (κ3) is 3.19. The predicted molar refractivity (Wildman–Crippen MR) is 145 cm³/mol. The zero-order valence-corrected chi connectivity index (χ0v) is 22.1. The minimum absolute atomic E-state index is 0.174. The Balaban J connectivity index is 1.55. The van der Waals surface area contributed by atoms with Crippen molar-refractivity contribution in [1.29, 1.82) is 0 Å². The van der Waals surface area contributed by atoms with Gasteiger partial charge in [-0.25, -0.2) is 5.01 Å². The van der Waals surface area contributed by atoms with Crippen molar-refractivity contribution in [2.24, 2.45) is 15.9 Å². The molecule has 192 valence electrons. The average Bonchev–Trinajstić information content (AvgIpc) is 3.27. The first-order valence-electron chi connectivity index (χ1n) is 13.1. The third-order valence-electron chi connectivity index (χ3n) is 8.29. The summed E-state index contributed by atoms with van der Waals surface area (Å²) in [6.45, 7) is 8.32. The van der Waals surface area contributed by atoms with Crippen LogP contribution in [0, 0.1) is 17.8 Å². The molecule has 2 fully saturated rings. The maximum Gasteiger partial charge on any atom is 0.291 e. The van der Waals surface area contributed by atoms with E-state index in [4.69, 9.17) is 5.10 Å². The second-order valence-corrected chi connectivity index (χ2v) is 11.7. The quantitative estimate of drug-likeness (QED) is 0.482. The standard InChI is InChI=1S/C32H31N3O3/c1-21-15-17-24(18-16-21)26-32(29(38)35(33-26)30(2,3)4)25(23-13-9-6-10-14-23)31(32)20-34(28(37)27(31)36)19-22-11-7-5-8-12-22/h5-18,25H,19-20H2,1-4H3/t25-,31?,32?/m0/s1. The highest BCUT2D eigenvalue weighted by Gasteiger charge is 2.91. The number of aryl methyl sites for hydroxylation is 1. The van der Waals surface area contributed by atoms with Crippen LogP contribution in [0.25, 0.3) is 0 Å². The van der Waals surface area contributed by atoms with E-state index >= 15 is 0 Å². The van der Waals surface area contributed by atoms with E-state index in [9.17, 15) is 14.4 Å². The lowest BCUT2D eigenvalue weighted by Crippen LogP contribution is -2.44. The third-order valence-corrected chi connectivity index (χ3v) is 8.29. The topological polar surface area (TPSA) is 70.1 Å². The molecule has 3 aliphatic rings. The number of ketones is 1. The van der Waals surface area contributed by atoms with Gasteiger partial charge in [-0.2, -0.15) is 5.10 Å². The van der Waals surface area contributed by atoms with Crippen molar-refractivity contribution >= 4 is 23.3 Å². The molecule has 3 aromatic rings. The molecular weight excluding hydrogens is 474 g/mol. The summed E-state index contributed by atoms with van der Waals surface area (Å²) in [5.41, 5.74) is 1.21. The van der Waals surface area contributed by atoms with Gasteiger partial charge in [0.1, 0.15) is 5.41 Å². The Hall–Kier alpha value is -4.06. The lowest BCUT2D eigenvalue weighted by Gasteiger charge is -2.29. The lowest BCUT2D eigenvalue weighted by molar-refractivity contribution is -0.143. The van der Waals surface area contributed by atoms with Gasteiger partial charge < -0.3 is 4.90 Å². The lowest BCUT2D eigenvalue weighted by atomic mass is 9.83. The number of rotatable bonds is 4. The van der Waals surface area contributed by atoms with Crippen LogP contribution in [0.2, 0.25) is 0 Å². The van der Waals surface area contributed by atoms with Crippen LogP contribution in [0.5, 0.6) is 0 Å². The molecule has 2 heterocycles. The summed E-state index contributed by atoms with van der Waals surface area (Å²) in [6.07, 6.45) is 0. The molecule has 0 N–H and O–H groups in total. The average molecular weight is 506 g/mol. The van der Waals surface area contributed by atoms with Crippen LogP contribution in [0.1, 0.15) is 48.9 Å². The zero-order valence-electron chi connectivity index (χ0n) is 22.1. The van der Waals surface area contributed by atoms with Crippen molar-refractivity contribution in [3.05, 3.63) is 107 Å². The Morgan fingerprint density at radius 3 is 2.08 bits per heavy atom. The SMILES string of the molecule is Cc1ccc(C2=NN(C(C)(C)C)C(=O)C23[C@@H](c2ccccc2)C32CN(Cc3ccccc3)C(=O)C2=O)cc1. The van der Waals surface area contributed by atoms with Crippen LogP contribution in [0.3, 0.4) is 0 Å². The summed E-state index contributed by atoms with van der Waals surface area (Å²) in [5, 5.41) is 6.47. The van der Waals surface area contributed by atoms with Crippen LogP contribution in [-0.4, -0.2) is 45.3 Å². The molecule has 6 rings (SSSR count). The van der Waals surface area contributed by atoms with E-state index in [-0.39, 0.29) is 12.5 Å². The van der Waals surface area contributed by atoms with Crippen LogP contribution >= 0.6 is 0 Å². The summed E-state index contributed by atoms with van der Waals surface area (Å²) in [5.74, 6) is -1.73. The first-order valence-corrected chi connectivity index (χ1v) is 13.1. The van der Waals surface area contributed by atoms with Crippen molar-refractivity contribution < 1.29 is 14.4 Å². The Kier molecular flexibility index (Phi) is 5.25. The van der Waals surface area contributed by atoms with Gasteiger partial charge in [-0.15, -0.1) is 0 Å². The molecule has 1 aliphatic carbocycles. The van der Waals surface area contributed by atoms with Crippen molar-refractivity contribution in [1.82, 2.24) is 9.91 Å². The minimum Gasteiger partial charge on any atom is -0.331 e. The van der Waals surface area contributed by atoms with E-state index in [2.05, 4.69) is 0 Å². The van der Waals surface area contributed by atoms with E-state index in [1.807, 2.05) is 113 Å². The maximum absolute atomic E-state index is 14.6. The molecule has 38 heavy (non-hydrogen) atoms. The van der Waals surface area contributed by atoms with Crippen molar-refractivity contribution in [2.75, 3.05) is 6.54 Å². The van der Waals surface area contributed by atoms with Gasteiger partial charge in [0.2, 0.25) is 5.78 Å². The smallest absolute Gasteiger partial charge is 0.291 e. The number of Topliss-reactive ketones (excluding diaryl/α,β-unsaturated/α-hetero) is 1. The molecule has 2 aliphatic heterocycles. The highest BCUT2D eigenvalue weighted by Crippen LogP contribution is 2.79. The molecule has 0 aromatic heterocycles. The molecule has 2 unspecified atom stereocenters. The normalized spacial score (nSPS) is 26.6. The Labute approximate surface area is 223 Å². The molecule has 3 atom stereocenters. The fourth-order valence-corrected chi connectivity index (χ4v) is 6.56. The summed E-state index contributed by atoms with van der Waals surface area (Å²) in [7, 11) is 0. The van der Waals surface area contributed by atoms with Crippen molar-refractivity contribution in [2.45, 2.75) is 45.7 Å². The maximum atomic E-state index is 14.6. The summed E-state index contributed by atoms with van der Waals surface area (Å²) < 4.78 is 0. The van der Waals surface area contributed by atoms with E-state index in [0.29, 0.717) is 12.3 Å². The molecule has 2 spiro atoms. The fourth-order valence-electron chi connectivity index (χ4n) is 6.56. The number of nitrogens with zero attached hydrogens (tertiary/aromatic N) is 3. The Morgan fingerprint density at radius 2 is 1.47 bits per heavy atom. The molecule has 6 heteroatoms. The molecule has 3 aromatic carbocycles. The van der Waals surface area contributed by atoms with Gasteiger partial charge >= 0.3 is 0 Å². The molecule has 2 amide bonds. The van der Waals surface area contributed by atoms with Gasteiger partial charge in [0.15, 0.2) is 0 Å². The second kappa shape index (κ2) is 8.22. The van der Waals surface area contributed by atoms with E-state index in [0.717, 1.165) is 22.3 Å². The Bertz CT molecular complexity index is 1470. The molecule has 0 radical (unpaired) electrons. The van der Waals surface area contributed by atoms with Crippen LogP contribution in [0.15, 0.2) is 90.0 Å². The zero-order chi connectivity index (χ0) is 26.9. The summed E-state index contributed by atoms with van der Waals surface area (Å²) in [4.78, 5) is 43.9. The molecule has 1 saturated heterocycles. The number of hydrazone groups is 1. The monoisotopic (exact) mass is 505 g/mol. The summed E-state index contributed by atoms with van der Waals surface area (Å²) >= 11 is 0. The molecule has 0 bridgehead atoms. The highest BCUT2D eigenvalue weighted by atomic mass is 16.2. The predicted octanol–water partition coefficient (Wildman–Crippen LogP) is 4.72. The van der Waals surface area contributed by atoms with Crippen LogP contribution in [0.4, 0.5) is 0 Å². The van der Waals surface area contributed by atoms with Gasteiger partial charge in [0.05, 0.1) is 16.7 Å². The second-order valence-electron chi connectivity index (χ2n) is 11.7. The number of hydrogen-bond donors (Lipinski definition) is 0.